The summed E-state index contributed by atoms with van der Waals surface area (Å²) >= 11 is 0. The molecule has 1 saturated heterocycles. The molecule has 176 valence electrons. The minimum absolute atomic E-state index is 0.0321. The Hall–Kier alpha value is -2.41. The molecule has 1 atom stereocenters. The van der Waals surface area contributed by atoms with Gasteiger partial charge in [0.1, 0.15) is 0 Å². The Kier molecular flexibility index (Phi) is 8.67. The summed E-state index contributed by atoms with van der Waals surface area (Å²) in [6.07, 6.45) is 5.42. The Morgan fingerprint density at radius 2 is 1.84 bits per heavy atom. The van der Waals surface area contributed by atoms with Crippen LogP contribution in [0.4, 0.5) is 0 Å². The van der Waals surface area contributed by atoms with Gasteiger partial charge < -0.3 is 15.5 Å². The third kappa shape index (κ3) is 6.79. The van der Waals surface area contributed by atoms with Crippen molar-refractivity contribution >= 4 is 17.7 Å². The van der Waals surface area contributed by atoms with Crippen LogP contribution in [0.2, 0.25) is 0 Å². The summed E-state index contributed by atoms with van der Waals surface area (Å²) < 4.78 is 0. The standard InChI is InChI=1S/C25H38N4O3/c1-19(2)15-28-18-25(32)29(21-10-6-7-11-21)16-22(28)14-24(31)27(17-23(26)30)13-12-20-8-4-3-5-9-20/h3-5,8-9,19,21-22H,6-7,10-18H2,1-2H3,(H2,26,30). The summed E-state index contributed by atoms with van der Waals surface area (Å²) in [6.45, 7) is 6.37. The molecule has 0 radical (unpaired) electrons. The zero-order valence-corrected chi connectivity index (χ0v) is 19.5. The molecule has 2 aliphatic rings. The molecule has 1 heterocycles. The number of piperazine rings is 1. The van der Waals surface area contributed by atoms with Crippen molar-refractivity contribution in [3.63, 3.8) is 0 Å². The van der Waals surface area contributed by atoms with Crippen molar-refractivity contribution < 1.29 is 14.4 Å². The number of nitrogens with two attached hydrogens (primary N) is 1. The molecule has 1 aliphatic carbocycles. The molecule has 1 saturated carbocycles. The van der Waals surface area contributed by atoms with Gasteiger partial charge in [-0.25, -0.2) is 0 Å². The SMILES string of the molecule is CC(C)CN1CC(=O)N(C2CCCC2)CC1CC(=O)N(CCc1ccccc1)CC(N)=O. The van der Waals surface area contributed by atoms with Crippen molar-refractivity contribution in [3.05, 3.63) is 35.9 Å². The predicted molar refractivity (Wildman–Crippen MR) is 125 cm³/mol. The average molecular weight is 443 g/mol. The topological polar surface area (TPSA) is 87.0 Å². The van der Waals surface area contributed by atoms with E-state index in [-0.39, 0.29) is 24.4 Å². The maximum absolute atomic E-state index is 13.3. The number of hydrogen-bond acceptors (Lipinski definition) is 4. The van der Waals surface area contributed by atoms with E-state index in [1.54, 1.807) is 4.90 Å². The molecule has 0 spiro atoms. The highest BCUT2D eigenvalue weighted by molar-refractivity contribution is 5.85. The van der Waals surface area contributed by atoms with Crippen molar-refractivity contribution in [1.82, 2.24) is 14.7 Å². The summed E-state index contributed by atoms with van der Waals surface area (Å²) in [5.41, 5.74) is 6.57. The van der Waals surface area contributed by atoms with Crippen LogP contribution in [0, 0.1) is 5.92 Å². The Bertz CT molecular complexity index is 777. The normalized spacial score (nSPS) is 20.2. The number of primary amides is 1. The Labute approximate surface area is 191 Å². The number of nitrogens with zero attached hydrogens (tertiary/aromatic N) is 3. The van der Waals surface area contributed by atoms with Gasteiger partial charge in [0.25, 0.3) is 0 Å². The molecule has 0 aromatic heterocycles. The highest BCUT2D eigenvalue weighted by Gasteiger charge is 2.38. The lowest BCUT2D eigenvalue weighted by Crippen LogP contribution is -2.60. The van der Waals surface area contributed by atoms with Crippen molar-refractivity contribution in [2.24, 2.45) is 11.7 Å². The van der Waals surface area contributed by atoms with Gasteiger partial charge in [-0.1, -0.05) is 57.0 Å². The lowest BCUT2D eigenvalue weighted by molar-refractivity contribution is -0.145. The Morgan fingerprint density at radius 3 is 2.47 bits per heavy atom. The van der Waals surface area contributed by atoms with Gasteiger partial charge in [-0.15, -0.1) is 0 Å². The first kappa shape index (κ1) is 24.2. The Morgan fingerprint density at radius 1 is 1.16 bits per heavy atom. The van der Waals surface area contributed by atoms with Crippen LogP contribution in [0.15, 0.2) is 30.3 Å². The van der Waals surface area contributed by atoms with E-state index in [1.807, 2.05) is 35.2 Å². The van der Waals surface area contributed by atoms with E-state index in [4.69, 9.17) is 5.73 Å². The number of carbonyl (C=O) groups excluding carboxylic acids is 3. The first-order valence-electron chi connectivity index (χ1n) is 12.0. The minimum Gasteiger partial charge on any atom is -0.368 e. The molecule has 2 fully saturated rings. The van der Waals surface area contributed by atoms with Gasteiger partial charge in [0.05, 0.1) is 13.1 Å². The van der Waals surface area contributed by atoms with Gasteiger partial charge in [0.2, 0.25) is 17.7 Å². The average Bonchev–Trinajstić information content (AvgIpc) is 3.27. The van der Waals surface area contributed by atoms with Crippen LogP contribution in [0.3, 0.4) is 0 Å². The molecular weight excluding hydrogens is 404 g/mol. The van der Waals surface area contributed by atoms with E-state index in [1.165, 1.54) is 12.8 Å². The first-order valence-corrected chi connectivity index (χ1v) is 12.0. The summed E-state index contributed by atoms with van der Waals surface area (Å²) in [5.74, 6) is 0.00798. The Balaban J connectivity index is 1.69. The van der Waals surface area contributed by atoms with Crippen LogP contribution < -0.4 is 5.73 Å². The van der Waals surface area contributed by atoms with E-state index in [2.05, 4.69) is 18.7 Å². The predicted octanol–water partition coefficient (Wildman–Crippen LogP) is 2.04. The summed E-state index contributed by atoms with van der Waals surface area (Å²) in [5, 5.41) is 0. The van der Waals surface area contributed by atoms with Crippen molar-refractivity contribution in [1.29, 1.82) is 0 Å². The maximum atomic E-state index is 13.3. The summed E-state index contributed by atoms with van der Waals surface area (Å²) in [4.78, 5) is 43.6. The lowest BCUT2D eigenvalue weighted by Gasteiger charge is -2.44. The van der Waals surface area contributed by atoms with E-state index in [0.717, 1.165) is 24.9 Å². The smallest absolute Gasteiger partial charge is 0.237 e. The molecule has 2 N–H and O–H groups in total. The van der Waals surface area contributed by atoms with E-state index >= 15 is 0 Å². The number of benzene rings is 1. The number of amides is 3. The quantitative estimate of drug-likeness (QED) is 0.601. The van der Waals surface area contributed by atoms with Crippen LogP contribution in [-0.4, -0.2) is 77.2 Å². The van der Waals surface area contributed by atoms with Crippen molar-refractivity contribution in [2.75, 3.05) is 32.7 Å². The van der Waals surface area contributed by atoms with Gasteiger partial charge in [-0.3, -0.25) is 19.3 Å². The second-order valence-electron chi connectivity index (χ2n) is 9.68. The fourth-order valence-corrected chi connectivity index (χ4v) is 5.00. The maximum Gasteiger partial charge on any atom is 0.237 e. The van der Waals surface area contributed by atoms with Gasteiger partial charge in [-0.2, -0.15) is 0 Å². The zero-order chi connectivity index (χ0) is 23.1. The lowest BCUT2D eigenvalue weighted by atomic mass is 10.0. The summed E-state index contributed by atoms with van der Waals surface area (Å²) in [7, 11) is 0. The third-order valence-corrected chi connectivity index (χ3v) is 6.57. The van der Waals surface area contributed by atoms with E-state index in [0.29, 0.717) is 44.4 Å². The third-order valence-electron chi connectivity index (χ3n) is 6.57. The fraction of sp³-hybridized carbons (Fsp3) is 0.640. The molecule has 1 aromatic rings. The number of hydrogen-bond donors (Lipinski definition) is 1. The van der Waals surface area contributed by atoms with Crippen molar-refractivity contribution in [3.8, 4) is 0 Å². The zero-order valence-electron chi connectivity index (χ0n) is 19.5. The van der Waals surface area contributed by atoms with Gasteiger partial charge in [0, 0.05) is 38.1 Å². The van der Waals surface area contributed by atoms with Gasteiger partial charge in [0.15, 0.2) is 0 Å². The minimum atomic E-state index is -0.503. The largest absolute Gasteiger partial charge is 0.368 e. The van der Waals surface area contributed by atoms with Crippen molar-refractivity contribution in [2.45, 2.75) is 64.5 Å². The van der Waals surface area contributed by atoms with Crippen LogP contribution >= 0.6 is 0 Å². The fourth-order valence-electron chi connectivity index (χ4n) is 5.00. The van der Waals surface area contributed by atoms with E-state index in [9.17, 15) is 14.4 Å². The second-order valence-corrected chi connectivity index (χ2v) is 9.68. The molecular formula is C25H38N4O3. The monoisotopic (exact) mass is 442 g/mol. The molecule has 1 aromatic carbocycles. The molecule has 1 aliphatic heterocycles. The van der Waals surface area contributed by atoms with E-state index < -0.39 is 5.91 Å². The number of rotatable bonds is 10. The highest BCUT2D eigenvalue weighted by Crippen LogP contribution is 2.27. The molecule has 7 nitrogen and oxygen atoms in total. The molecule has 32 heavy (non-hydrogen) atoms. The van der Waals surface area contributed by atoms with Crippen LogP contribution in [-0.2, 0) is 20.8 Å². The van der Waals surface area contributed by atoms with Gasteiger partial charge in [-0.05, 0) is 30.7 Å². The molecule has 0 bridgehead atoms. The van der Waals surface area contributed by atoms with Crippen LogP contribution in [0.1, 0.15) is 51.5 Å². The van der Waals surface area contributed by atoms with Crippen LogP contribution in [0.5, 0.6) is 0 Å². The molecule has 3 amide bonds. The summed E-state index contributed by atoms with van der Waals surface area (Å²) in [6, 6.07) is 10.2. The first-order chi connectivity index (χ1) is 15.3. The van der Waals surface area contributed by atoms with Crippen LogP contribution in [0.25, 0.3) is 0 Å². The molecule has 1 unspecified atom stereocenters. The van der Waals surface area contributed by atoms with Gasteiger partial charge >= 0.3 is 0 Å². The highest BCUT2D eigenvalue weighted by atomic mass is 16.2. The second kappa shape index (κ2) is 11.5. The molecule has 7 heteroatoms. The number of carbonyl (C=O) groups is 3. The molecule has 3 rings (SSSR count).